The molecular weight excluding hydrogens is 267 g/mol. The summed E-state index contributed by atoms with van der Waals surface area (Å²) >= 11 is 2.12. The van der Waals surface area contributed by atoms with E-state index in [1.165, 1.54) is 6.92 Å². The highest BCUT2D eigenvalue weighted by molar-refractivity contribution is 14.1. The highest BCUT2D eigenvalue weighted by Crippen LogP contribution is 2.24. The fourth-order valence-electron chi connectivity index (χ4n) is 0.849. The average molecular weight is 276 g/mol. The Bertz CT molecular complexity index is 292. The second kappa shape index (κ2) is 3.75. The van der Waals surface area contributed by atoms with Gasteiger partial charge in [-0.15, -0.1) is 0 Å². The van der Waals surface area contributed by atoms with Gasteiger partial charge in [-0.2, -0.15) is 0 Å². The highest BCUT2D eigenvalue weighted by Gasteiger charge is 2.03. The lowest BCUT2D eigenvalue weighted by Gasteiger charge is -2.07. The van der Waals surface area contributed by atoms with Crippen molar-refractivity contribution in [2.24, 2.45) is 0 Å². The molecule has 0 saturated carbocycles. The number of carbonyl (C=O) groups is 1. The lowest BCUT2D eigenvalue weighted by molar-refractivity contribution is -0.114. The molecule has 64 valence electrons. The van der Waals surface area contributed by atoms with Crippen LogP contribution in [0, 0.1) is 3.57 Å². The van der Waals surface area contributed by atoms with E-state index in [9.17, 15) is 4.79 Å². The zero-order valence-electron chi connectivity index (χ0n) is 6.60. The van der Waals surface area contributed by atoms with E-state index < -0.39 is 0 Å². The third-order valence-corrected chi connectivity index (χ3v) is 2.25. The van der Waals surface area contributed by atoms with Crippen LogP contribution in [-0.4, -0.2) is 5.91 Å². The van der Waals surface area contributed by atoms with Crippen LogP contribution in [0.15, 0.2) is 18.2 Å². The molecule has 0 radical (unpaired) electrons. The molecule has 0 aliphatic heterocycles. The maximum Gasteiger partial charge on any atom is 0.221 e. The molecule has 0 bridgehead atoms. The Labute approximate surface area is 84.5 Å². The number of amides is 1. The Kier molecular flexibility index (Phi) is 2.91. The second-order valence-corrected chi connectivity index (χ2v) is 3.55. The summed E-state index contributed by atoms with van der Waals surface area (Å²) in [6.45, 7) is 1.46. The van der Waals surface area contributed by atoms with Crippen LogP contribution >= 0.6 is 22.6 Å². The van der Waals surface area contributed by atoms with Crippen LogP contribution in [0.25, 0.3) is 0 Å². The second-order valence-electron chi connectivity index (χ2n) is 2.39. The summed E-state index contributed by atoms with van der Waals surface area (Å²) in [5.74, 6) is -0.106. The molecule has 3 N–H and O–H groups in total. The minimum atomic E-state index is -0.106. The van der Waals surface area contributed by atoms with Crippen molar-refractivity contribution < 1.29 is 4.79 Å². The van der Waals surface area contributed by atoms with Crippen molar-refractivity contribution >= 4 is 39.9 Å². The third-order valence-electron chi connectivity index (χ3n) is 1.35. The van der Waals surface area contributed by atoms with Crippen molar-refractivity contribution in [1.29, 1.82) is 0 Å². The van der Waals surface area contributed by atoms with Gasteiger partial charge >= 0.3 is 0 Å². The van der Waals surface area contributed by atoms with E-state index in [0.717, 1.165) is 3.57 Å². The van der Waals surface area contributed by atoms with Gasteiger partial charge in [-0.25, -0.2) is 0 Å². The van der Waals surface area contributed by atoms with Crippen LogP contribution in [0.5, 0.6) is 0 Å². The largest absolute Gasteiger partial charge is 0.397 e. The molecule has 0 spiro atoms. The molecule has 1 amide bonds. The lowest BCUT2D eigenvalue weighted by Crippen LogP contribution is -2.09. The number of carbonyl (C=O) groups excluding carboxylic acids is 1. The molecule has 0 unspecified atom stereocenters. The van der Waals surface area contributed by atoms with E-state index in [1.807, 2.05) is 12.1 Å². The molecule has 0 aliphatic rings. The summed E-state index contributed by atoms with van der Waals surface area (Å²) in [7, 11) is 0. The van der Waals surface area contributed by atoms with Crippen molar-refractivity contribution in [2.75, 3.05) is 11.1 Å². The summed E-state index contributed by atoms with van der Waals surface area (Å²) in [5, 5.41) is 2.67. The molecule has 0 fully saturated rings. The molecule has 0 aliphatic carbocycles. The number of hydrogen-bond acceptors (Lipinski definition) is 2. The number of nitrogens with one attached hydrogen (secondary N) is 1. The van der Waals surface area contributed by atoms with E-state index >= 15 is 0 Å². The number of para-hydroxylation sites is 1. The topological polar surface area (TPSA) is 55.1 Å². The summed E-state index contributed by atoms with van der Waals surface area (Å²) in [6, 6.07) is 5.50. The number of benzene rings is 1. The molecule has 0 aromatic heterocycles. The third kappa shape index (κ3) is 2.10. The van der Waals surface area contributed by atoms with Crippen molar-refractivity contribution in [3.8, 4) is 0 Å². The van der Waals surface area contributed by atoms with Crippen molar-refractivity contribution in [1.82, 2.24) is 0 Å². The predicted molar refractivity (Wildman–Crippen MR) is 57.9 cm³/mol. The van der Waals surface area contributed by atoms with Crippen LogP contribution in [-0.2, 0) is 4.79 Å². The van der Waals surface area contributed by atoms with Gasteiger partial charge in [0.25, 0.3) is 0 Å². The van der Waals surface area contributed by atoms with Crippen LogP contribution in [0.3, 0.4) is 0 Å². The van der Waals surface area contributed by atoms with Gasteiger partial charge in [0.05, 0.1) is 11.4 Å². The maximum absolute atomic E-state index is 10.7. The van der Waals surface area contributed by atoms with Crippen LogP contribution in [0.4, 0.5) is 11.4 Å². The molecular formula is C8H9IN2O. The van der Waals surface area contributed by atoms with Gasteiger partial charge in [0.2, 0.25) is 5.91 Å². The molecule has 0 atom stereocenters. The number of rotatable bonds is 1. The molecule has 1 aromatic carbocycles. The molecule has 12 heavy (non-hydrogen) atoms. The first-order valence-electron chi connectivity index (χ1n) is 3.43. The zero-order valence-corrected chi connectivity index (χ0v) is 8.75. The smallest absolute Gasteiger partial charge is 0.221 e. The molecule has 0 saturated heterocycles. The fraction of sp³-hybridized carbons (Fsp3) is 0.125. The van der Waals surface area contributed by atoms with Crippen molar-refractivity contribution in [2.45, 2.75) is 6.92 Å². The summed E-state index contributed by atoms with van der Waals surface area (Å²) in [5.41, 5.74) is 6.94. The Balaban J connectivity index is 3.04. The van der Waals surface area contributed by atoms with Crippen LogP contribution in [0.2, 0.25) is 0 Å². The van der Waals surface area contributed by atoms with E-state index in [2.05, 4.69) is 27.9 Å². The summed E-state index contributed by atoms with van der Waals surface area (Å²) in [6.07, 6.45) is 0. The van der Waals surface area contributed by atoms with E-state index in [4.69, 9.17) is 5.73 Å². The number of nitrogen functional groups attached to an aromatic ring is 1. The minimum Gasteiger partial charge on any atom is -0.397 e. The summed E-state index contributed by atoms with van der Waals surface area (Å²) in [4.78, 5) is 10.7. The monoisotopic (exact) mass is 276 g/mol. The average Bonchev–Trinajstić information content (AvgIpc) is 1.97. The number of hydrogen-bond donors (Lipinski definition) is 2. The first-order chi connectivity index (χ1) is 5.61. The first kappa shape index (κ1) is 9.31. The Morgan fingerprint density at radius 2 is 2.25 bits per heavy atom. The van der Waals surface area contributed by atoms with Gasteiger partial charge < -0.3 is 11.1 Å². The van der Waals surface area contributed by atoms with E-state index in [-0.39, 0.29) is 5.91 Å². The van der Waals surface area contributed by atoms with Gasteiger partial charge in [-0.05, 0) is 34.7 Å². The predicted octanol–water partition coefficient (Wildman–Crippen LogP) is 1.83. The van der Waals surface area contributed by atoms with E-state index in [1.54, 1.807) is 6.07 Å². The van der Waals surface area contributed by atoms with Crippen LogP contribution in [0.1, 0.15) is 6.92 Å². The number of anilines is 2. The van der Waals surface area contributed by atoms with Crippen molar-refractivity contribution in [3.63, 3.8) is 0 Å². The van der Waals surface area contributed by atoms with Crippen LogP contribution < -0.4 is 11.1 Å². The molecule has 3 nitrogen and oxygen atoms in total. The van der Waals surface area contributed by atoms with Gasteiger partial charge in [-0.3, -0.25) is 4.79 Å². The van der Waals surface area contributed by atoms with Gasteiger partial charge in [-0.1, -0.05) is 6.07 Å². The fourth-order valence-corrected chi connectivity index (χ4v) is 1.50. The minimum absolute atomic E-state index is 0.106. The Morgan fingerprint density at radius 3 is 2.75 bits per heavy atom. The molecule has 1 rings (SSSR count). The highest BCUT2D eigenvalue weighted by atomic mass is 127. The molecule has 1 aromatic rings. The van der Waals surface area contributed by atoms with Gasteiger partial charge in [0, 0.05) is 10.5 Å². The standard InChI is InChI=1S/C8H9IN2O/c1-5(12)11-8-6(9)3-2-4-7(8)10/h2-4H,10H2,1H3,(H,11,12). The number of halogens is 1. The maximum atomic E-state index is 10.7. The molecule has 0 heterocycles. The Morgan fingerprint density at radius 1 is 1.58 bits per heavy atom. The number of nitrogens with two attached hydrogens (primary N) is 1. The molecule has 4 heteroatoms. The lowest BCUT2D eigenvalue weighted by atomic mass is 10.3. The van der Waals surface area contributed by atoms with Crippen molar-refractivity contribution in [3.05, 3.63) is 21.8 Å². The SMILES string of the molecule is CC(=O)Nc1c(N)cccc1I. The van der Waals surface area contributed by atoms with Gasteiger partial charge in [0.1, 0.15) is 0 Å². The normalized spacial score (nSPS) is 9.50. The zero-order chi connectivity index (χ0) is 9.14. The van der Waals surface area contributed by atoms with Gasteiger partial charge in [0.15, 0.2) is 0 Å². The first-order valence-corrected chi connectivity index (χ1v) is 4.50. The quantitative estimate of drug-likeness (QED) is 0.607. The Hall–Kier alpha value is -0.780. The van der Waals surface area contributed by atoms with E-state index in [0.29, 0.717) is 11.4 Å². The summed E-state index contributed by atoms with van der Waals surface area (Å²) < 4.78 is 0.947.